The summed E-state index contributed by atoms with van der Waals surface area (Å²) in [6, 6.07) is 17.8. The average molecular weight is 356 g/mol. The van der Waals surface area contributed by atoms with Crippen molar-refractivity contribution >= 4 is 10.9 Å². The summed E-state index contributed by atoms with van der Waals surface area (Å²) in [7, 11) is 0. The molecule has 0 radical (unpaired) electrons. The Morgan fingerprint density at radius 2 is 1.56 bits per heavy atom. The summed E-state index contributed by atoms with van der Waals surface area (Å²) in [5, 5.41) is 1.36. The van der Waals surface area contributed by atoms with Gasteiger partial charge in [0, 0.05) is 11.5 Å². The van der Waals surface area contributed by atoms with Crippen LogP contribution in [0, 0.1) is 0 Å². The molecule has 5 rings (SSSR count). The lowest BCUT2D eigenvalue weighted by molar-refractivity contribution is -0.751. The third kappa shape index (κ3) is 2.24. The number of aromatic nitrogens is 3. The molecule has 1 aliphatic heterocycles. The van der Waals surface area contributed by atoms with Crippen LogP contribution in [0.4, 0.5) is 0 Å². The van der Waals surface area contributed by atoms with Gasteiger partial charge in [0.25, 0.3) is 0 Å². The Balaban J connectivity index is 1.96. The van der Waals surface area contributed by atoms with Crippen LogP contribution >= 0.6 is 0 Å². The van der Waals surface area contributed by atoms with Crippen molar-refractivity contribution in [2.45, 2.75) is 46.1 Å². The fourth-order valence-electron chi connectivity index (χ4n) is 4.55. The van der Waals surface area contributed by atoms with E-state index in [2.05, 4.69) is 103 Å². The van der Waals surface area contributed by atoms with E-state index < -0.39 is 0 Å². The van der Waals surface area contributed by atoms with Crippen molar-refractivity contribution in [2.75, 3.05) is 0 Å². The maximum absolute atomic E-state index is 2.51. The summed E-state index contributed by atoms with van der Waals surface area (Å²) < 4.78 is 7.11. The molecule has 0 fully saturated rings. The Bertz CT molecular complexity index is 1130. The molecule has 0 spiro atoms. The van der Waals surface area contributed by atoms with E-state index in [1.54, 1.807) is 0 Å². The Morgan fingerprint density at radius 1 is 0.852 bits per heavy atom. The van der Waals surface area contributed by atoms with E-state index in [-0.39, 0.29) is 0 Å². The van der Waals surface area contributed by atoms with Crippen LogP contribution in [0.5, 0.6) is 0 Å². The Labute approximate surface area is 160 Å². The highest BCUT2D eigenvalue weighted by Gasteiger charge is 2.33. The van der Waals surface area contributed by atoms with Crippen LogP contribution in [-0.2, 0) is 6.54 Å². The van der Waals surface area contributed by atoms with E-state index in [0.717, 1.165) is 6.54 Å². The summed E-state index contributed by atoms with van der Waals surface area (Å²) >= 11 is 0. The standard InChI is InChI=1S/C24H26N3/c1-16(2)18-10-7-11-19(17(3)4)23(18)27-22-12-6-5-9-20(22)21-15-25-13-8-14-26(25)24(21)27/h5-14,16-17H,15H2,1-4H3/q+1. The molecule has 27 heavy (non-hydrogen) atoms. The summed E-state index contributed by atoms with van der Waals surface area (Å²) in [6.07, 6.45) is 4.34. The van der Waals surface area contributed by atoms with Crippen LogP contribution in [0.3, 0.4) is 0 Å². The largest absolute Gasteiger partial charge is 0.290 e. The van der Waals surface area contributed by atoms with Crippen molar-refractivity contribution in [2.24, 2.45) is 0 Å². The molecule has 0 bridgehead atoms. The first-order valence-electron chi connectivity index (χ1n) is 9.91. The Kier molecular flexibility index (Phi) is 3.55. The van der Waals surface area contributed by atoms with Gasteiger partial charge in [-0.2, -0.15) is 0 Å². The number of hydrogen-bond donors (Lipinski definition) is 0. The van der Waals surface area contributed by atoms with Crippen LogP contribution in [0.25, 0.3) is 22.4 Å². The Morgan fingerprint density at radius 3 is 2.26 bits per heavy atom. The molecule has 0 N–H and O–H groups in total. The number of para-hydroxylation sites is 2. The van der Waals surface area contributed by atoms with Crippen LogP contribution in [0.1, 0.15) is 56.2 Å². The zero-order chi connectivity index (χ0) is 18.7. The number of rotatable bonds is 3. The van der Waals surface area contributed by atoms with Crippen molar-refractivity contribution < 1.29 is 4.68 Å². The van der Waals surface area contributed by atoms with Crippen LogP contribution in [-0.4, -0.2) is 9.25 Å². The molecule has 0 unspecified atom stereocenters. The van der Waals surface area contributed by atoms with Gasteiger partial charge >= 0.3 is 0 Å². The minimum absolute atomic E-state index is 0.466. The number of benzene rings is 2. The van der Waals surface area contributed by atoms with Crippen LogP contribution in [0.2, 0.25) is 0 Å². The van der Waals surface area contributed by atoms with Gasteiger partial charge in [-0.1, -0.05) is 64.1 Å². The molecule has 1 aliphatic rings. The van der Waals surface area contributed by atoms with E-state index in [9.17, 15) is 0 Å². The average Bonchev–Trinajstić information content (AvgIpc) is 3.31. The normalized spacial score (nSPS) is 13.0. The summed E-state index contributed by atoms with van der Waals surface area (Å²) in [5.41, 5.74) is 6.91. The number of nitrogens with zero attached hydrogens (tertiary/aromatic N) is 3. The highest BCUT2D eigenvalue weighted by Crippen LogP contribution is 2.39. The number of hydrogen-bond acceptors (Lipinski definition) is 0. The highest BCUT2D eigenvalue weighted by molar-refractivity contribution is 5.90. The van der Waals surface area contributed by atoms with E-state index in [0.29, 0.717) is 11.8 Å². The lowest BCUT2D eigenvalue weighted by Crippen LogP contribution is -2.37. The lowest BCUT2D eigenvalue weighted by atomic mass is 9.92. The molecule has 2 aromatic heterocycles. The van der Waals surface area contributed by atoms with Crippen molar-refractivity contribution in [1.82, 2.24) is 9.25 Å². The SMILES string of the molecule is CC(C)c1cccc(C(C)C)c1-n1c2c(c3ccccc31)C[n+]1cccn1-2. The van der Waals surface area contributed by atoms with E-state index >= 15 is 0 Å². The fraction of sp³-hybridized carbons (Fsp3) is 0.292. The maximum Gasteiger partial charge on any atom is 0.202 e. The smallest absolute Gasteiger partial charge is 0.202 e. The minimum Gasteiger partial charge on any atom is -0.290 e. The van der Waals surface area contributed by atoms with Gasteiger partial charge in [-0.15, -0.1) is 9.36 Å². The second-order valence-corrected chi connectivity index (χ2v) is 8.18. The molecule has 136 valence electrons. The molecule has 4 aromatic rings. The van der Waals surface area contributed by atoms with Gasteiger partial charge in [0.2, 0.25) is 6.54 Å². The van der Waals surface area contributed by atoms with E-state index in [4.69, 9.17) is 0 Å². The topological polar surface area (TPSA) is 13.7 Å². The quantitative estimate of drug-likeness (QED) is 0.389. The molecule has 0 aliphatic carbocycles. The molecule has 3 heteroatoms. The first-order chi connectivity index (χ1) is 13.1. The van der Waals surface area contributed by atoms with E-state index in [1.165, 1.54) is 39.1 Å². The van der Waals surface area contributed by atoms with E-state index in [1.807, 2.05) is 0 Å². The molecular weight excluding hydrogens is 330 g/mol. The third-order valence-corrected chi connectivity index (χ3v) is 5.82. The van der Waals surface area contributed by atoms with Crippen molar-refractivity contribution in [1.29, 1.82) is 0 Å². The fourth-order valence-corrected chi connectivity index (χ4v) is 4.55. The minimum atomic E-state index is 0.466. The van der Waals surface area contributed by atoms with Crippen LogP contribution < -0.4 is 4.68 Å². The maximum atomic E-state index is 2.51. The molecule has 0 amide bonds. The molecule has 3 heterocycles. The third-order valence-electron chi connectivity index (χ3n) is 5.82. The van der Waals surface area contributed by atoms with Gasteiger partial charge in [0.15, 0.2) is 12.0 Å². The summed E-state index contributed by atoms with van der Waals surface area (Å²) in [5.74, 6) is 2.22. The predicted molar refractivity (Wildman–Crippen MR) is 110 cm³/mol. The zero-order valence-corrected chi connectivity index (χ0v) is 16.5. The number of fused-ring (bicyclic) bond motifs is 5. The first kappa shape index (κ1) is 16.4. The summed E-state index contributed by atoms with van der Waals surface area (Å²) in [6.45, 7) is 10.1. The van der Waals surface area contributed by atoms with Gasteiger partial charge < -0.3 is 0 Å². The van der Waals surface area contributed by atoms with Gasteiger partial charge in [-0.05, 0) is 29.0 Å². The molecule has 0 saturated heterocycles. The lowest BCUT2D eigenvalue weighted by Gasteiger charge is -2.22. The van der Waals surface area contributed by atoms with Gasteiger partial charge in [-0.25, -0.2) is 0 Å². The zero-order valence-electron chi connectivity index (χ0n) is 16.5. The van der Waals surface area contributed by atoms with Crippen molar-refractivity contribution in [3.05, 3.63) is 77.6 Å². The van der Waals surface area contributed by atoms with Gasteiger partial charge in [0.1, 0.15) is 0 Å². The monoisotopic (exact) mass is 356 g/mol. The molecule has 3 nitrogen and oxygen atoms in total. The first-order valence-corrected chi connectivity index (χ1v) is 9.91. The van der Waals surface area contributed by atoms with Gasteiger partial charge in [-0.3, -0.25) is 4.57 Å². The van der Waals surface area contributed by atoms with Gasteiger partial charge in [0.05, 0.1) is 23.0 Å². The second kappa shape index (κ2) is 5.85. The van der Waals surface area contributed by atoms with Crippen molar-refractivity contribution in [3.8, 4) is 11.5 Å². The second-order valence-electron chi connectivity index (χ2n) is 8.18. The molecule has 0 saturated carbocycles. The van der Waals surface area contributed by atoms with Crippen molar-refractivity contribution in [3.63, 3.8) is 0 Å². The Hall–Kier alpha value is -2.81. The molecule has 0 atom stereocenters. The molecule has 2 aromatic carbocycles. The predicted octanol–water partition coefficient (Wildman–Crippen LogP) is 5.32. The summed E-state index contributed by atoms with van der Waals surface area (Å²) in [4.78, 5) is 0. The van der Waals surface area contributed by atoms with Crippen LogP contribution in [0.15, 0.2) is 60.9 Å². The highest BCUT2D eigenvalue weighted by atomic mass is 15.5. The molecular formula is C24H26N3+.